The van der Waals surface area contributed by atoms with E-state index in [1.54, 1.807) is 6.07 Å². The second-order valence-electron chi connectivity index (χ2n) is 7.62. The first-order valence-corrected chi connectivity index (χ1v) is 9.81. The molecule has 1 aliphatic rings. The Bertz CT molecular complexity index is 1060. The van der Waals surface area contributed by atoms with Crippen LogP contribution in [-0.4, -0.2) is 34.7 Å². The smallest absolute Gasteiger partial charge is 0.241 e. The Kier molecular flexibility index (Phi) is 5.34. The van der Waals surface area contributed by atoms with Crippen molar-refractivity contribution >= 4 is 22.6 Å². The lowest BCUT2D eigenvalue weighted by Crippen LogP contribution is -2.44. The van der Waals surface area contributed by atoms with E-state index in [2.05, 4.69) is 10.3 Å². The number of carbonyl (C=O) groups is 1. The summed E-state index contributed by atoms with van der Waals surface area (Å²) in [6.45, 7) is 3.24. The molecule has 2 heterocycles. The number of aromatic nitrogens is 2. The summed E-state index contributed by atoms with van der Waals surface area (Å²) in [4.78, 5) is 17.2. The van der Waals surface area contributed by atoms with Crippen molar-refractivity contribution in [3.8, 4) is 11.4 Å². The van der Waals surface area contributed by atoms with Gasteiger partial charge in [0.2, 0.25) is 5.91 Å². The maximum atomic E-state index is 13.5. The number of nitrogens with two attached hydrogens (primary N) is 1. The summed E-state index contributed by atoms with van der Waals surface area (Å²) < 4.78 is 20.8. The zero-order valence-corrected chi connectivity index (χ0v) is 16.6. The summed E-state index contributed by atoms with van der Waals surface area (Å²) >= 11 is 0. The number of amides is 1. The Balaban J connectivity index is 1.55. The quantitative estimate of drug-likeness (QED) is 0.708. The van der Waals surface area contributed by atoms with Gasteiger partial charge in [0.05, 0.1) is 17.1 Å². The molecular weight excluding hydrogens is 371 g/mol. The lowest BCUT2D eigenvalue weighted by atomic mass is 9.91. The molecule has 1 aliphatic heterocycles. The van der Waals surface area contributed by atoms with Gasteiger partial charge >= 0.3 is 0 Å². The number of aryl methyl sites for hydroxylation is 2. The fourth-order valence-corrected chi connectivity index (χ4v) is 3.88. The Morgan fingerprint density at radius 2 is 2.03 bits per heavy atom. The predicted octanol–water partition coefficient (Wildman–Crippen LogP) is 3.38. The zero-order valence-electron chi connectivity index (χ0n) is 16.6. The highest BCUT2D eigenvalue weighted by Crippen LogP contribution is 2.28. The minimum absolute atomic E-state index is 0.142. The van der Waals surface area contributed by atoms with E-state index in [4.69, 9.17) is 10.5 Å². The largest absolute Gasteiger partial charge is 0.381 e. The van der Waals surface area contributed by atoms with Crippen molar-refractivity contribution in [2.75, 3.05) is 18.5 Å². The minimum atomic E-state index is -0.548. The van der Waals surface area contributed by atoms with Crippen molar-refractivity contribution in [2.24, 2.45) is 18.7 Å². The Morgan fingerprint density at radius 3 is 2.76 bits per heavy atom. The summed E-state index contributed by atoms with van der Waals surface area (Å²) in [5.74, 6) is 0.400. The summed E-state index contributed by atoms with van der Waals surface area (Å²) in [5, 5.41) is 2.95. The van der Waals surface area contributed by atoms with E-state index in [1.807, 2.05) is 36.7 Å². The Hall–Kier alpha value is -2.77. The molecule has 0 bridgehead atoms. The zero-order chi connectivity index (χ0) is 20.5. The third kappa shape index (κ3) is 3.88. The van der Waals surface area contributed by atoms with E-state index < -0.39 is 6.04 Å². The van der Waals surface area contributed by atoms with Gasteiger partial charge in [-0.15, -0.1) is 0 Å². The summed E-state index contributed by atoms with van der Waals surface area (Å²) in [6.07, 6.45) is 1.61. The van der Waals surface area contributed by atoms with Gasteiger partial charge in [-0.05, 0) is 61.6 Å². The highest BCUT2D eigenvalue weighted by atomic mass is 19.1. The average molecular weight is 396 g/mol. The van der Waals surface area contributed by atoms with Crippen LogP contribution < -0.4 is 11.1 Å². The van der Waals surface area contributed by atoms with E-state index in [0.29, 0.717) is 18.7 Å². The first kappa shape index (κ1) is 19.5. The second kappa shape index (κ2) is 7.93. The van der Waals surface area contributed by atoms with Crippen LogP contribution in [0.3, 0.4) is 0 Å². The number of imidazole rings is 1. The van der Waals surface area contributed by atoms with Crippen LogP contribution in [0.25, 0.3) is 22.4 Å². The monoisotopic (exact) mass is 396 g/mol. The molecule has 4 rings (SSSR count). The van der Waals surface area contributed by atoms with Crippen LogP contribution in [-0.2, 0) is 16.6 Å². The van der Waals surface area contributed by atoms with Gasteiger partial charge in [0.15, 0.2) is 0 Å². The first-order valence-electron chi connectivity index (χ1n) is 9.81. The lowest BCUT2D eigenvalue weighted by Gasteiger charge is -2.27. The number of nitrogens with one attached hydrogen (secondary N) is 1. The maximum Gasteiger partial charge on any atom is 0.241 e. The number of halogens is 1. The molecule has 3 N–H and O–H groups in total. The van der Waals surface area contributed by atoms with Crippen LogP contribution in [0.5, 0.6) is 0 Å². The molecule has 2 aromatic carbocycles. The molecule has 1 atom stereocenters. The van der Waals surface area contributed by atoms with Gasteiger partial charge in [0.25, 0.3) is 0 Å². The van der Waals surface area contributed by atoms with E-state index >= 15 is 0 Å². The average Bonchev–Trinajstić information content (AvgIpc) is 3.05. The van der Waals surface area contributed by atoms with Crippen molar-refractivity contribution in [1.29, 1.82) is 0 Å². The number of nitrogens with zero attached hydrogens (tertiary/aromatic N) is 2. The van der Waals surface area contributed by atoms with Gasteiger partial charge in [0.1, 0.15) is 11.6 Å². The number of benzene rings is 2. The summed E-state index contributed by atoms with van der Waals surface area (Å²) in [6, 6.07) is 9.76. The number of ether oxygens (including phenoxy) is 1. The molecule has 0 saturated carbocycles. The standard InChI is InChI=1S/C22H25FN4O2/c1-13-11-15(21-25-18-12-16(23)4-6-19(18)27(21)2)3-5-17(13)26-22(28)20(24)14-7-9-29-10-8-14/h3-6,11-12,14,20H,7-10,24H2,1-2H3,(H,26,28). The fraction of sp³-hybridized carbons (Fsp3) is 0.364. The number of anilines is 1. The van der Waals surface area contributed by atoms with E-state index in [1.165, 1.54) is 12.1 Å². The molecule has 1 saturated heterocycles. The SMILES string of the molecule is Cc1cc(-c2nc3cc(F)ccc3n2C)ccc1NC(=O)C(N)C1CCOCC1. The first-order chi connectivity index (χ1) is 13.9. The van der Waals surface area contributed by atoms with Gasteiger partial charge in [-0.3, -0.25) is 4.79 Å². The predicted molar refractivity (Wildman–Crippen MR) is 111 cm³/mol. The topological polar surface area (TPSA) is 82.2 Å². The summed E-state index contributed by atoms with van der Waals surface area (Å²) in [7, 11) is 1.90. The third-order valence-electron chi connectivity index (χ3n) is 5.66. The molecule has 1 amide bonds. The van der Waals surface area contributed by atoms with Crippen molar-refractivity contribution in [2.45, 2.75) is 25.8 Å². The molecule has 0 aliphatic carbocycles. The van der Waals surface area contributed by atoms with Crippen LogP contribution in [0.1, 0.15) is 18.4 Å². The molecule has 152 valence electrons. The Labute approximate surface area is 168 Å². The number of rotatable bonds is 4. The fourth-order valence-electron chi connectivity index (χ4n) is 3.88. The van der Waals surface area contributed by atoms with Crippen molar-refractivity contribution < 1.29 is 13.9 Å². The number of hydrogen-bond acceptors (Lipinski definition) is 4. The molecule has 1 fully saturated rings. The van der Waals surface area contributed by atoms with Crippen LogP contribution in [0.15, 0.2) is 36.4 Å². The number of carbonyl (C=O) groups excluding carboxylic acids is 1. The van der Waals surface area contributed by atoms with Crippen molar-refractivity contribution in [3.63, 3.8) is 0 Å². The third-order valence-corrected chi connectivity index (χ3v) is 5.66. The number of hydrogen-bond donors (Lipinski definition) is 2. The lowest BCUT2D eigenvalue weighted by molar-refractivity contribution is -0.119. The van der Waals surface area contributed by atoms with E-state index in [-0.39, 0.29) is 17.6 Å². The Morgan fingerprint density at radius 1 is 1.28 bits per heavy atom. The van der Waals surface area contributed by atoms with Gasteiger partial charge < -0.3 is 20.4 Å². The summed E-state index contributed by atoms with van der Waals surface area (Å²) in [5.41, 5.74) is 10.2. The van der Waals surface area contributed by atoms with Gasteiger partial charge in [-0.1, -0.05) is 0 Å². The molecule has 29 heavy (non-hydrogen) atoms. The van der Waals surface area contributed by atoms with E-state index in [0.717, 1.165) is 41.0 Å². The molecular formula is C22H25FN4O2. The van der Waals surface area contributed by atoms with Gasteiger partial charge in [0, 0.05) is 37.6 Å². The molecule has 1 unspecified atom stereocenters. The molecule has 7 heteroatoms. The maximum absolute atomic E-state index is 13.5. The van der Waals surface area contributed by atoms with Gasteiger partial charge in [-0.2, -0.15) is 0 Å². The molecule has 1 aromatic heterocycles. The molecule has 6 nitrogen and oxygen atoms in total. The second-order valence-corrected chi connectivity index (χ2v) is 7.62. The minimum Gasteiger partial charge on any atom is -0.381 e. The van der Waals surface area contributed by atoms with Crippen molar-refractivity contribution in [1.82, 2.24) is 9.55 Å². The molecule has 3 aromatic rings. The van der Waals surface area contributed by atoms with E-state index in [9.17, 15) is 9.18 Å². The van der Waals surface area contributed by atoms with Crippen LogP contribution in [0.2, 0.25) is 0 Å². The van der Waals surface area contributed by atoms with Crippen LogP contribution in [0.4, 0.5) is 10.1 Å². The van der Waals surface area contributed by atoms with Crippen molar-refractivity contribution in [3.05, 3.63) is 47.8 Å². The highest BCUT2D eigenvalue weighted by molar-refractivity contribution is 5.95. The number of fused-ring (bicyclic) bond motifs is 1. The highest BCUT2D eigenvalue weighted by Gasteiger charge is 2.26. The van der Waals surface area contributed by atoms with Gasteiger partial charge in [-0.25, -0.2) is 9.37 Å². The van der Waals surface area contributed by atoms with Crippen LogP contribution >= 0.6 is 0 Å². The molecule has 0 radical (unpaired) electrons. The normalized spacial score (nSPS) is 16.1. The van der Waals surface area contributed by atoms with Crippen LogP contribution in [0, 0.1) is 18.7 Å². The molecule has 0 spiro atoms.